The first-order valence-electron chi connectivity index (χ1n) is 7.85. The van der Waals surface area contributed by atoms with E-state index in [9.17, 15) is 4.79 Å². The molecule has 0 saturated carbocycles. The Morgan fingerprint density at radius 2 is 2.10 bits per heavy atom. The number of furan rings is 1. The largest absolute Gasteiger partial charge is 0.468 e. The molecule has 1 atom stereocenters. The minimum Gasteiger partial charge on any atom is -0.468 e. The Bertz CT molecular complexity index is 381. The summed E-state index contributed by atoms with van der Waals surface area (Å²) in [6, 6.07) is 4.11. The SMILES string of the molecule is CCCC(=O)NCC(c1ccco1)N1CCCCCC1. The molecule has 4 nitrogen and oxygen atoms in total. The van der Waals surface area contributed by atoms with Crippen molar-refractivity contribution in [2.75, 3.05) is 19.6 Å². The van der Waals surface area contributed by atoms with Gasteiger partial charge in [-0.2, -0.15) is 0 Å². The molecule has 1 saturated heterocycles. The summed E-state index contributed by atoms with van der Waals surface area (Å²) in [5.74, 6) is 1.10. The highest BCUT2D eigenvalue weighted by atomic mass is 16.3. The smallest absolute Gasteiger partial charge is 0.220 e. The van der Waals surface area contributed by atoms with Gasteiger partial charge in [0.05, 0.1) is 12.3 Å². The predicted molar refractivity (Wildman–Crippen MR) is 79.4 cm³/mol. The lowest BCUT2D eigenvalue weighted by atomic mass is 10.1. The Hall–Kier alpha value is -1.29. The van der Waals surface area contributed by atoms with E-state index in [0.29, 0.717) is 13.0 Å². The van der Waals surface area contributed by atoms with Gasteiger partial charge in [-0.05, 0) is 44.5 Å². The number of carbonyl (C=O) groups is 1. The van der Waals surface area contributed by atoms with Crippen molar-refractivity contribution in [3.05, 3.63) is 24.2 Å². The summed E-state index contributed by atoms with van der Waals surface area (Å²) in [5, 5.41) is 3.05. The van der Waals surface area contributed by atoms with Gasteiger partial charge in [0.15, 0.2) is 0 Å². The van der Waals surface area contributed by atoms with Crippen molar-refractivity contribution in [1.82, 2.24) is 10.2 Å². The summed E-state index contributed by atoms with van der Waals surface area (Å²) in [6.07, 6.45) is 8.30. The van der Waals surface area contributed by atoms with Crippen LogP contribution in [0.2, 0.25) is 0 Å². The molecule has 1 unspecified atom stereocenters. The number of amides is 1. The van der Waals surface area contributed by atoms with Crippen LogP contribution in [-0.2, 0) is 4.79 Å². The predicted octanol–water partition coefficient (Wildman–Crippen LogP) is 3.11. The van der Waals surface area contributed by atoms with Crippen molar-refractivity contribution in [1.29, 1.82) is 0 Å². The summed E-state index contributed by atoms with van der Waals surface area (Å²) in [6.45, 7) is 4.86. The van der Waals surface area contributed by atoms with Gasteiger partial charge in [-0.3, -0.25) is 9.69 Å². The highest BCUT2D eigenvalue weighted by molar-refractivity contribution is 5.75. The van der Waals surface area contributed by atoms with Crippen LogP contribution in [0.1, 0.15) is 57.3 Å². The van der Waals surface area contributed by atoms with Crippen LogP contribution in [-0.4, -0.2) is 30.4 Å². The standard InChI is InChI=1S/C16H26N2O2/c1-2-8-16(19)17-13-14(15-9-7-12-20-15)18-10-5-3-4-6-11-18/h7,9,12,14H,2-6,8,10-11,13H2,1H3,(H,17,19). The third-order valence-electron chi connectivity index (χ3n) is 3.92. The van der Waals surface area contributed by atoms with E-state index in [4.69, 9.17) is 4.42 Å². The van der Waals surface area contributed by atoms with Crippen molar-refractivity contribution in [3.63, 3.8) is 0 Å². The topological polar surface area (TPSA) is 45.5 Å². The monoisotopic (exact) mass is 278 g/mol. The molecule has 2 heterocycles. The average Bonchev–Trinajstić information content (AvgIpc) is 2.83. The van der Waals surface area contributed by atoms with E-state index in [0.717, 1.165) is 25.3 Å². The molecule has 2 rings (SSSR count). The summed E-state index contributed by atoms with van der Waals surface area (Å²) in [7, 11) is 0. The Labute approximate surface area is 121 Å². The van der Waals surface area contributed by atoms with Crippen LogP contribution >= 0.6 is 0 Å². The Morgan fingerprint density at radius 1 is 1.35 bits per heavy atom. The lowest BCUT2D eigenvalue weighted by Gasteiger charge is -2.29. The molecule has 0 aliphatic carbocycles. The molecular formula is C16H26N2O2. The number of nitrogens with one attached hydrogen (secondary N) is 1. The minimum atomic E-state index is 0.138. The molecular weight excluding hydrogens is 252 g/mol. The van der Waals surface area contributed by atoms with Gasteiger partial charge in [-0.25, -0.2) is 0 Å². The molecule has 0 aromatic carbocycles. The number of hydrogen-bond donors (Lipinski definition) is 1. The summed E-state index contributed by atoms with van der Waals surface area (Å²) in [5.41, 5.74) is 0. The van der Waals surface area contributed by atoms with Crippen LogP contribution in [0.5, 0.6) is 0 Å². The van der Waals surface area contributed by atoms with Gasteiger partial charge in [0.2, 0.25) is 5.91 Å². The number of rotatable bonds is 6. The van der Waals surface area contributed by atoms with Gasteiger partial charge in [-0.1, -0.05) is 19.8 Å². The second kappa shape index (κ2) is 8.10. The van der Waals surface area contributed by atoms with E-state index in [2.05, 4.69) is 10.2 Å². The van der Waals surface area contributed by atoms with E-state index < -0.39 is 0 Å². The third-order valence-corrected chi connectivity index (χ3v) is 3.92. The maximum absolute atomic E-state index is 11.7. The molecule has 1 aromatic heterocycles. The molecule has 1 fully saturated rings. The first-order valence-corrected chi connectivity index (χ1v) is 7.85. The van der Waals surface area contributed by atoms with E-state index in [1.165, 1.54) is 25.7 Å². The van der Waals surface area contributed by atoms with E-state index in [1.54, 1.807) is 6.26 Å². The zero-order valence-corrected chi connectivity index (χ0v) is 12.4. The fourth-order valence-corrected chi connectivity index (χ4v) is 2.82. The summed E-state index contributed by atoms with van der Waals surface area (Å²) in [4.78, 5) is 14.2. The second-order valence-corrected chi connectivity index (χ2v) is 5.54. The maximum atomic E-state index is 11.7. The van der Waals surface area contributed by atoms with Gasteiger partial charge < -0.3 is 9.73 Å². The van der Waals surface area contributed by atoms with Gasteiger partial charge >= 0.3 is 0 Å². The van der Waals surface area contributed by atoms with Crippen molar-refractivity contribution in [2.45, 2.75) is 51.5 Å². The molecule has 112 valence electrons. The van der Waals surface area contributed by atoms with Crippen LogP contribution in [0, 0.1) is 0 Å². The molecule has 1 aliphatic rings. The normalized spacial score (nSPS) is 18.4. The Kier molecular flexibility index (Phi) is 6.12. The van der Waals surface area contributed by atoms with E-state index >= 15 is 0 Å². The fraction of sp³-hybridized carbons (Fsp3) is 0.688. The lowest BCUT2D eigenvalue weighted by molar-refractivity contribution is -0.121. The van der Waals surface area contributed by atoms with Crippen molar-refractivity contribution in [2.24, 2.45) is 0 Å². The van der Waals surface area contributed by atoms with Crippen LogP contribution in [0.4, 0.5) is 0 Å². The zero-order valence-electron chi connectivity index (χ0n) is 12.4. The summed E-state index contributed by atoms with van der Waals surface area (Å²) >= 11 is 0. The molecule has 1 aromatic rings. The first kappa shape index (κ1) is 15.1. The molecule has 1 N–H and O–H groups in total. The molecule has 1 amide bonds. The van der Waals surface area contributed by atoms with Crippen LogP contribution in [0.15, 0.2) is 22.8 Å². The van der Waals surface area contributed by atoms with Crippen molar-refractivity contribution in [3.8, 4) is 0 Å². The highest BCUT2D eigenvalue weighted by Crippen LogP contribution is 2.24. The Morgan fingerprint density at radius 3 is 2.70 bits per heavy atom. The zero-order chi connectivity index (χ0) is 14.2. The van der Waals surface area contributed by atoms with E-state index in [1.807, 2.05) is 19.1 Å². The quantitative estimate of drug-likeness (QED) is 0.869. The molecule has 1 aliphatic heterocycles. The molecule has 4 heteroatoms. The van der Waals surface area contributed by atoms with Crippen molar-refractivity contribution < 1.29 is 9.21 Å². The number of hydrogen-bond acceptors (Lipinski definition) is 3. The van der Waals surface area contributed by atoms with Gasteiger partial charge in [0.25, 0.3) is 0 Å². The maximum Gasteiger partial charge on any atom is 0.220 e. The van der Waals surface area contributed by atoms with Crippen molar-refractivity contribution >= 4 is 5.91 Å². The number of nitrogens with zero attached hydrogens (tertiary/aromatic N) is 1. The van der Waals surface area contributed by atoms with Crippen LogP contribution in [0.25, 0.3) is 0 Å². The average molecular weight is 278 g/mol. The summed E-state index contributed by atoms with van der Waals surface area (Å²) < 4.78 is 5.59. The molecule has 20 heavy (non-hydrogen) atoms. The highest BCUT2D eigenvalue weighted by Gasteiger charge is 2.24. The third kappa shape index (κ3) is 4.37. The molecule has 0 spiro atoms. The Balaban J connectivity index is 1.98. The number of carbonyl (C=O) groups excluding carboxylic acids is 1. The van der Waals surface area contributed by atoms with Gasteiger partial charge in [0.1, 0.15) is 5.76 Å². The van der Waals surface area contributed by atoms with Crippen LogP contribution < -0.4 is 5.32 Å². The minimum absolute atomic E-state index is 0.138. The van der Waals surface area contributed by atoms with Gasteiger partial charge in [0, 0.05) is 13.0 Å². The van der Waals surface area contributed by atoms with E-state index in [-0.39, 0.29) is 11.9 Å². The molecule has 0 bridgehead atoms. The van der Waals surface area contributed by atoms with Crippen LogP contribution in [0.3, 0.4) is 0 Å². The first-order chi connectivity index (χ1) is 9.81. The number of likely N-dealkylation sites (tertiary alicyclic amines) is 1. The molecule has 0 radical (unpaired) electrons. The van der Waals surface area contributed by atoms with Gasteiger partial charge in [-0.15, -0.1) is 0 Å². The lowest BCUT2D eigenvalue weighted by Crippen LogP contribution is -2.38. The fourth-order valence-electron chi connectivity index (χ4n) is 2.82. The second-order valence-electron chi connectivity index (χ2n) is 5.54.